The van der Waals surface area contributed by atoms with Crippen LogP contribution in [0.1, 0.15) is 64.5 Å². The maximum Gasteiger partial charge on any atom is 0.230 e. The smallest absolute Gasteiger partial charge is 0.230 e. The number of carbonyl (C=O) groups excluding carboxylic acids is 2. The largest absolute Gasteiger partial charge is 0.342 e. The molecule has 0 aromatic carbocycles. The number of hydrogen-bond donors (Lipinski definition) is 0. The fourth-order valence-corrected chi connectivity index (χ4v) is 2.77. The molecule has 0 aliphatic carbocycles. The lowest BCUT2D eigenvalue weighted by Gasteiger charge is -2.22. The van der Waals surface area contributed by atoms with Gasteiger partial charge in [-0.15, -0.1) is 11.3 Å². The predicted octanol–water partition coefficient (Wildman–Crippen LogP) is 3.65. The van der Waals surface area contributed by atoms with Crippen molar-refractivity contribution in [1.29, 1.82) is 0 Å². The zero-order valence-electron chi connectivity index (χ0n) is 13.8. The van der Waals surface area contributed by atoms with Crippen LogP contribution in [-0.4, -0.2) is 34.7 Å². The Hall–Kier alpha value is -1.23. The van der Waals surface area contributed by atoms with Crippen LogP contribution in [0, 0.1) is 5.51 Å². The van der Waals surface area contributed by atoms with Crippen molar-refractivity contribution in [3.05, 3.63) is 16.6 Å². The molecule has 1 aromatic heterocycles. The third-order valence-corrected chi connectivity index (χ3v) is 4.29. The van der Waals surface area contributed by atoms with Gasteiger partial charge in [-0.3, -0.25) is 9.59 Å². The zero-order chi connectivity index (χ0) is 16.2. The van der Waals surface area contributed by atoms with Gasteiger partial charge in [-0.05, 0) is 6.42 Å². The minimum Gasteiger partial charge on any atom is -0.342 e. The van der Waals surface area contributed by atoms with E-state index in [1.165, 1.54) is 30.6 Å². The Morgan fingerprint density at radius 2 is 1.95 bits per heavy atom. The number of unbranched alkanes of at least 4 members (excludes halogenated alkanes) is 4. The van der Waals surface area contributed by atoms with Gasteiger partial charge in [-0.1, -0.05) is 39.5 Å². The monoisotopic (exact) mass is 323 g/mol. The molecule has 1 rings (SSSR count). The topological polar surface area (TPSA) is 50.3 Å². The van der Waals surface area contributed by atoms with Crippen LogP contribution in [0.3, 0.4) is 0 Å². The number of Topliss-reactive ketones (excluding diaryl/α,β-unsaturated/α-hetero) is 1. The van der Waals surface area contributed by atoms with Crippen LogP contribution in [0.5, 0.6) is 0 Å². The van der Waals surface area contributed by atoms with Gasteiger partial charge in [0.2, 0.25) is 5.91 Å². The summed E-state index contributed by atoms with van der Waals surface area (Å²) in [5.74, 6) is -0.0236. The molecule has 123 valence electrons. The van der Waals surface area contributed by atoms with E-state index in [0.717, 1.165) is 31.5 Å². The molecule has 1 aromatic rings. The molecule has 0 N–H and O–H groups in total. The van der Waals surface area contributed by atoms with Crippen LogP contribution in [0.2, 0.25) is 0 Å². The van der Waals surface area contributed by atoms with Crippen LogP contribution in [0.4, 0.5) is 0 Å². The van der Waals surface area contributed by atoms with Gasteiger partial charge in [-0.25, -0.2) is 4.98 Å². The quantitative estimate of drug-likeness (QED) is 0.436. The van der Waals surface area contributed by atoms with E-state index in [9.17, 15) is 9.59 Å². The van der Waals surface area contributed by atoms with Gasteiger partial charge in [0.05, 0.1) is 12.1 Å². The summed E-state index contributed by atoms with van der Waals surface area (Å²) in [7, 11) is 0. The number of carbonyl (C=O) groups is 2. The number of rotatable bonds is 12. The van der Waals surface area contributed by atoms with Crippen molar-refractivity contribution >= 4 is 23.0 Å². The molecule has 0 spiro atoms. The van der Waals surface area contributed by atoms with Crippen LogP contribution < -0.4 is 0 Å². The lowest BCUT2D eigenvalue weighted by molar-refractivity contribution is -0.135. The Kier molecular flexibility index (Phi) is 9.71. The summed E-state index contributed by atoms with van der Waals surface area (Å²) in [4.78, 5) is 29.7. The van der Waals surface area contributed by atoms with Crippen molar-refractivity contribution in [2.24, 2.45) is 0 Å². The molecule has 4 nitrogen and oxygen atoms in total. The molecular formula is C17H27N2O2S. The summed E-state index contributed by atoms with van der Waals surface area (Å²) in [6, 6.07) is 0. The van der Waals surface area contributed by atoms with Crippen LogP contribution in [0.15, 0.2) is 5.38 Å². The highest BCUT2D eigenvalue weighted by Gasteiger charge is 2.16. The molecule has 0 atom stereocenters. The molecular weight excluding hydrogens is 296 g/mol. The lowest BCUT2D eigenvalue weighted by atomic mass is 10.1. The Labute approximate surface area is 137 Å². The van der Waals surface area contributed by atoms with Crippen molar-refractivity contribution in [3.8, 4) is 0 Å². The molecule has 22 heavy (non-hydrogen) atoms. The maximum absolute atomic E-state index is 12.3. The third kappa shape index (κ3) is 7.69. The fourth-order valence-electron chi connectivity index (χ4n) is 2.24. The summed E-state index contributed by atoms with van der Waals surface area (Å²) in [6.45, 7) is 5.38. The molecule has 0 unspecified atom stereocenters. The molecule has 1 amide bonds. The molecule has 1 radical (unpaired) electrons. The number of amides is 1. The first-order valence-corrected chi connectivity index (χ1v) is 9.15. The SMILES string of the molecule is CCCCCCCN(CCc1cs[c]n1)C(=O)CC(=O)CC. The van der Waals surface area contributed by atoms with E-state index in [0.29, 0.717) is 13.0 Å². The summed E-state index contributed by atoms with van der Waals surface area (Å²) in [6.07, 6.45) is 7.03. The normalized spacial score (nSPS) is 10.6. The summed E-state index contributed by atoms with van der Waals surface area (Å²) in [5.41, 5.74) is 3.79. The predicted molar refractivity (Wildman–Crippen MR) is 89.9 cm³/mol. The number of thiazole rings is 1. The van der Waals surface area contributed by atoms with Crippen molar-refractivity contribution < 1.29 is 9.59 Å². The van der Waals surface area contributed by atoms with Gasteiger partial charge >= 0.3 is 0 Å². The third-order valence-electron chi connectivity index (χ3n) is 3.70. The van der Waals surface area contributed by atoms with E-state index in [1.54, 1.807) is 6.92 Å². The first-order chi connectivity index (χ1) is 10.7. The van der Waals surface area contributed by atoms with E-state index >= 15 is 0 Å². The van der Waals surface area contributed by atoms with Crippen molar-refractivity contribution in [2.45, 2.75) is 65.2 Å². The Balaban J connectivity index is 2.44. The van der Waals surface area contributed by atoms with Crippen LogP contribution >= 0.6 is 11.3 Å². The van der Waals surface area contributed by atoms with E-state index in [1.807, 2.05) is 10.3 Å². The lowest BCUT2D eigenvalue weighted by Crippen LogP contribution is -2.35. The highest BCUT2D eigenvalue weighted by atomic mass is 32.1. The second kappa shape index (κ2) is 11.4. The number of ketones is 1. The zero-order valence-corrected chi connectivity index (χ0v) is 14.6. The number of aromatic nitrogens is 1. The Morgan fingerprint density at radius 3 is 2.59 bits per heavy atom. The van der Waals surface area contributed by atoms with Gasteiger partial charge < -0.3 is 4.90 Å². The second-order valence-corrected chi connectivity index (χ2v) is 6.20. The molecule has 0 aliphatic rings. The molecule has 0 saturated heterocycles. The summed E-state index contributed by atoms with van der Waals surface area (Å²) < 4.78 is 0. The molecule has 1 heterocycles. The fraction of sp³-hybridized carbons (Fsp3) is 0.706. The van der Waals surface area contributed by atoms with E-state index < -0.39 is 0 Å². The van der Waals surface area contributed by atoms with Crippen LogP contribution in [-0.2, 0) is 16.0 Å². The van der Waals surface area contributed by atoms with Gasteiger partial charge in [0, 0.05) is 31.3 Å². The highest BCUT2D eigenvalue weighted by Crippen LogP contribution is 2.08. The van der Waals surface area contributed by atoms with Crippen molar-refractivity contribution in [1.82, 2.24) is 9.88 Å². The average Bonchev–Trinajstić information content (AvgIpc) is 3.03. The first kappa shape index (κ1) is 18.8. The Bertz CT molecular complexity index is 432. The van der Waals surface area contributed by atoms with Gasteiger partial charge in [-0.2, -0.15) is 0 Å². The number of hydrogen-bond acceptors (Lipinski definition) is 4. The molecule has 0 bridgehead atoms. The van der Waals surface area contributed by atoms with Gasteiger partial charge in [0.25, 0.3) is 0 Å². The molecule has 0 aliphatic heterocycles. The number of nitrogens with zero attached hydrogens (tertiary/aromatic N) is 2. The molecule has 0 fully saturated rings. The molecule has 0 saturated carbocycles. The minimum absolute atomic E-state index is 0.0166. The average molecular weight is 323 g/mol. The highest BCUT2D eigenvalue weighted by molar-refractivity contribution is 7.07. The molecule has 5 heteroatoms. The maximum atomic E-state index is 12.3. The van der Waals surface area contributed by atoms with Crippen molar-refractivity contribution in [3.63, 3.8) is 0 Å². The van der Waals surface area contributed by atoms with Crippen molar-refractivity contribution in [2.75, 3.05) is 13.1 Å². The Morgan fingerprint density at radius 1 is 1.18 bits per heavy atom. The summed E-state index contributed by atoms with van der Waals surface area (Å²) >= 11 is 1.45. The standard InChI is InChI=1S/C17H27N2O2S/c1-3-5-6-7-8-10-19(17(21)12-16(20)4-2)11-9-15-13-22-14-18-15/h13H,3-12H2,1-2H3. The summed E-state index contributed by atoms with van der Waals surface area (Å²) in [5, 5.41) is 1.96. The van der Waals surface area contributed by atoms with E-state index in [4.69, 9.17) is 0 Å². The van der Waals surface area contributed by atoms with Gasteiger partial charge in [0.15, 0.2) is 5.51 Å². The minimum atomic E-state index is -0.0402. The van der Waals surface area contributed by atoms with Gasteiger partial charge in [0.1, 0.15) is 5.78 Å². The van der Waals surface area contributed by atoms with E-state index in [-0.39, 0.29) is 18.1 Å². The van der Waals surface area contributed by atoms with E-state index in [2.05, 4.69) is 17.4 Å². The van der Waals surface area contributed by atoms with Crippen LogP contribution in [0.25, 0.3) is 0 Å². The first-order valence-electron chi connectivity index (χ1n) is 8.27. The second-order valence-electron chi connectivity index (χ2n) is 5.54.